The molecule has 1 aliphatic rings. The third kappa shape index (κ3) is 5.19. The minimum Gasteiger partial charge on any atom is -0.497 e. The van der Waals surface area contributed by atoms with E-state index in [1.807, 2.05) is 38.1 Å². The minimum atomic E-state index is -0.875. The van der Waals surface area contributed by atoms with Crippen LogP contribution in [0.5, 0.6) is 5.75 Å². The topological polar surface area (TPSA) is 57.4 Å². The molecule has 0 saturated heterocycles. The minimum absolute atomic E-state index is 0. The molecule has 0 aliphatic carbocycles. The number of rotatable bonds is 7. The third-order valence-corrected chi connectivity index (χ3v) is 6.32. The van der Waals surface area contributed by atoms with Gasteiger partial charge in [-0.3, -0.25) is 0 Å². The molecule has 1 aliphatic heterocycles. The van der Waals surface area contributed by atoms with Gasteiger partial charge in [-0.05, 0) is 73.9 Å². The Bertz CT molecular complexity index is 1310. The average molecular weight is 534 g/mol. The summed E-state index contributed by atoms with van der Waals surface area (Å²) in [5.41, 5.74) is 2.89. The molecule has 1 unspecified atom stereocenters. The zero-order valence-electron chi connectivity index (χ0n) is 20.2. The smallest absolute Gasteiger partial charge is 0.238 e. The van der Waals surface area contributed by atoms with Crippen molar-refractivity contribution in [3.05, 3.63) is 107 Å². The van der Waals surface area contributed by atoms with Crippen molar-refractivity contribution in [1.82, 2.24) is 0 Å². The van der Waals surface area contributed by atoms with E-state index in [0.717, 1.165) is 23.0 Å². The number of aliphatic hydroxyl groups excluding tert-OH is 1. The first kappa shape index (κ1) is 27.1. The Morgan fingerprint density at radius 2 is 1.83 bits per heavy atom. The quantitative estimate of drug-likeness (QED) is 0.224. The number of allylic oxidation sites excluding steroid dienone is 2. The molecule has 5 nitrogen and oxygen atoms in total. The molecule has 1 radical (unpaired) electrons. The van der Waals surface area contributed by atoms with Crippen molar-refractivity contribution in [2.24, 2.45) is 10.2 Å². The number of methoxy groups -OCH3 is 1. The zero-order valence-corrected chi connectivity index (χ0v) is 21.2. The van der Waals surface area contributed by atoms with E-state index >= 15 is 0 Å². The molecular weight excluding hydrogens is 507 g/mol. The van der Waals surface area contributed by atoms with Gasteiger partial charge in [0.15, 0.2) is 11.6 Å². The molecule has 0 spiro atoms. The molecule has 4 rings (SSSR count). The fourth-order valence-corrected chi connectivity index (χ4v) is 4.59. The maximum atomic E-state index is 14.7. The molecule has 1 N–H and O–H groups in total. The van der Waals surface area contributed by atoms with E-state index in [0.29, 0.717) is 17.9 Å². The molecule has 0 amide bonds. The number of benzene rings is 3. The number of fused-ring (bicyclic) bond motifs is 1. The van der Waals surface area contributed by atoms with Crippen LogP contribution in [0.15, 0.2) is 88.7 Å². The van der Waals surface area contributed by atoms with E-state index in [-0.39, 0.29) is 34.7 Å². The Morgan fingerprint density at radius 1 is 1.08 bits per heavy atom. The van der Waals surface area contributed by atoms with E-state index in [2.05, 4.69) is 15.1 Å². The molecule has 0 aromatic heterocycles. The van der Waals surface area contributed by atoms with Crippen LogP contribution in [0.2, 0.25) is 0 Å². The molecule has 1 heterocycles. The Balaban J connectivity index is 0.00000361. The largest absolute Gasteiger partial charge is 0.497 e. The summed E-state index contributed by atoms with van der Waals surface area (Å²) < 4.78 is 34.2. The van der Waals surface area contributed by atoms with Gasteiger partial charge in [0.1, 0.15) is 5.75 Å². The Labute approximate surface area is 220 Å². The molecule has 3 aromatic rings. The molecule has 36 heavy (non-hydrogen) atoms. The Hall–Kier alpha value is -3.49. The van der Waals surface area contributed by atoms with Crippen molar-refractivity contribution in [3.8, 4) is 5.75 Å². The van der Waals surface area contributed by atoms with Gasteiger partial charge in [-0.2, -0.15) is 5.10 Å². The van der Waals surface area contributed by atoms with Crippen molar-refractivity contribution in [1.29, 1.82) is 0 Å². The van der Waals surface area contributed by atoms with Crippen molar-refractivity contribution in [3.63, 3.8) is 0 Å². The summed E-state index contributed by atoms with van der Waals surface area (Å²) in [5.74, 6) is -1.24. The van der Waals surface area contributed by atoms with Crippen LogP contribution < -0.4 is 9.64 Å². The number of hydrogen-bond donors (Lipinski definition) is 1. The molecule has 1 atom stereocenters. The van der Waals surface area contributed by atoms with E-state index < -0.39 is 17.0 Å². The van der Waals surface area contributed by atoms with E-state index in [4.69, 9.17) is 4.74 Å². The maximum Gasteiger partial charge on any atom is 0.238 e. The second kappa shape index (κ2) is 11.5. The van der Waals surface area contributed by atoms with Gasteiger partial charge in [-0.15, -0.1) is 5.10 Å². The zero-order chi connectivity index (χ0) is 25.0. The maximum absolute atomic E-state index is 14.7. The summed E-state index contributed by atoms with van der Waals surface area (Å²) in [6.45, 7) is 4.67. The van der Waals surface area contributed by atoms with Crippen LogP contribution in [0.3, 0.4) is 0 Å². The third-order valence-electron chi connectivity index (χ3n) is 6.32. The fourth-order valence-electron chi connectivity index (χ4n) is 4.59. The van der Waals surface area contributed by atoms with Gasteiger partial charge >= 0.3 is 0 Å². The number of ether oxygens (including phenoxy) is 1. The Kier molecular flexibility index (Phi) is 8.65. The average Bonchev–Trinajstić information content (AvgIpc) is 3.11. The number of likely N-dealkylation sites (N-methyl/N-ethyl adjacent to an activating group) is 1. The molecular formula is C28H27CoF2N3O2. The van der Waals surface area contributed by atoms with Crippen molar-refractivity contribution in [2.75, 3.05) is 18.6 Å². The number of halogens is 2. The summed E-state index contributed by atoms with van der Waals surface area (Å²) in [5, 5.41) is 18.1. The normalized spacial score (nSPS) is 18.4. The van der Waals surface area contributed by atoms with Crippen LogP contribution in [0.4, 0.5) is 14.5 Å². The molecule has 0 saturated carbocycles. The summed E-state index contributed by atoms with van der Waals surface area (Å²) in [6.07, 6.45) is 3.53. The summed E-state index contributed by atoms with van der Waals surface area (Å²) in [4.78, 5) is 2.11. The van der Waals surface area contributed by atoms with Crippen LogP contribution in [0.1, 0.15) is 30.5 Å². The van der Waals surface area contributed by atoms with Gasteiger partial charge in [0.25, 0.3) is 0 Å². The van der Waals surface area contributed by atoms with Gasteiger partial charge in [0, 0.05) is 45.7 Å². The van der Waals surface area contributed by atoms with Crippen LogP contribution in [0, 0.1) is 11.6 Å². The number of hydrogen-bond acceptors (Lipinski definition) is 4. The standard InChI is InChI=1S/C28H27F2N3O2.Co/c1-4-33-24-14-13-21(35-3)17-22(24)28(2,18-20-11-8-12-23(29)26(20)30)25(33)15-16-31-32-27(34)19-9-6-5-7-10-19;/h5-17H,4,18H2,1-3H3,(H,32,34);/b25-15-,31-16+;. The van der Waals surface area contributed by atoms with Crippen LogP contribution in [-0.2, 0) is 28.6 Å². The van der Waals surface area contributed by atoms with Crippen molar-refractivity contribution in [2.45, 2.75) is 25.7 Å². The van der Waals surface area contributed by atoms with Gasteiger partial charge in [-0.25, -0.2) is 8.78 Å². The van der Waals surface area contributed by atoms with Gasteiger partial charge < -0.3 is 14.7 Å². The van der Waals surface area contributed by atoms with Crippen LogP contribution >= 0.6 is 0 Å². The van der Waals surface area contributed by atoms with E-state index in [1.54, 1.807) is 43.5 Å². The van der Waals surface area contributed by atoms with E-state index in [1.165, 1.54) is 12.3 Å². The first-order valence-corrected chi connectivity index (χ1v) is 11.3. The predicted molar refractivity (Wildman–Crippen MR) is 136 cm³/mol. The summed E-state index contributed by atoms with van der Waals surface area (Å²) >= 11 is 0. The first-order chi connectivity index (χ1) is 16.9. The number of nitrogens with zero attached hydrogens (tertiary/aromatic N) is 3. The second-order valence-corrected chi connectivity index (χ2v) is 8.46. The van der Waals surface area contributed by atoms with Crippen LogP contribution in [0.25, 0.3) is 0 Å². The fraction of sp³-hybridized carbons (Fsp3) is 0.214. The molecule has 0 bridgehead atoms. The molecule has 189 valence electrons. The second-order valence-electron chi connectivity index (χ2n) is 8.46. The van der Waals surface area contributed by atoms with Crippen molar-refractivity contribution >= 4 is 17.8 Å². The van der Waals surface area contributed by atoms with Gasteiger partial charge in [0.05, 0.1) is 13.3 Å². The first-order valence-electron chi connectivity index (χ1n) is 11.3. The SMILES string of the molecule is CCN1\C(=C/C=N/N=C(\O)c2ccccc2)C(C)(Cc2cccc(F)c2F)c2cc(OC)ccc21.[Co]. The molecule has 8 heteroatoms. The van der Waals surface area contributed by atoms with Crippen molar-refractivity contribution < 1.29 is 35.4 Å². The Morgan fingerprint density at radius 3 is 2.53 bits per heavy atom. The molecule has 0 fully saturated rings. The summed E-state index contributed by atoms with van der Waals surface area (Å²) in [7, 11) is 1.60. The van der Waals surface area contributed by atoms with Gasteiger partial charge in [-0.1, -0.05) is 30.3 Å². The monoisotopic (exact) mass is 534 g/mol. The van der Waals surface area contributed by atoms with Gasteiger partial charge in [0.2, 0.25) is 5.90 Å². The molecule has 3 aromatic carbocycles. The summed E-state index contributed by atoms with van der Waals surface area (Å²) in [6, 6.07) is 18.9. The van der Waals surface area contributed by atoms with E-state index in [9.17, 15) is 13.9 Å². The van der Waals surface area contributed by atoms with Crippen LogP contribution in [-0.4, -0.2) is 30.9 Å². The predicted octanol–water partition coefficient (Wildman–Crippen LogP) is 6.19. The number of aliphatic hydroxyl groups is 1. The number of anilines is 1.